The number of nitrogens with one attached hydrogen (secondary N) is 3. The number of hydrogen-bond donors (Lipinski definition) is 5. The number of rotatable bonds is 11. The molecule has 0 spiro atoms. The van der Waals surface area contributed by atoms with Crippen LogP contribution in [0.5, 0.6) is 0 Å². The third kappa shape index (κ3) is 14.0. The van der Waals surface area contributed by atoms with Crippen LogP contribution in [0.4, 0.5) is 9.18 Å². The summed E-state index contributed by atoms with van der Waals surface area (Å²) in [5.74, 6) is -1.08. The van der Waals surface area contributed by atoms with E-state index in [1.165, 1.54) is 12.1 Å². The first-order valence-corrected chi connectivity index (χ1v) is 17.8. The summed E-state index contributed by atoms with van der Waals surface area (Å²) in [4.78, 5) is 53.0. The van der Waals surface area contributed by atoms with Gasteiger partial charge >= 0.3 is 6.09 Å². The molecule has 0 atom stereocenters. The van der Waals surface area contributed by atoms with E-state index in [-0.39, 0.29) is 31.0 Å². The van der Waals surface area contributed by atoms with Crippen molar-refractivity contribution in [1.29, 1.82) is 0 Å². The summed E-state index contributed by atoms with van der Waals surface area (Å²) >= 11 is 6.44. The number of aromatic amines is 1. The average molecular weight is 721 g/mol. The second-order valence-electron chi connectivity index (χ2n) is 11.9. The van der Waals surface area contributed by atoms with Crippen LogP contribution in [0.2, 0.25) is 0 Å². The van der Waals surface area contributed by atoms with Gasteiger partial charge in [-0.2, -0.15) is 5.10 Å². The molecular weight excluding hydrogens is 668 g/mol. The lowest BCUT2D eigenvalue weighted by Crippen LogP contribution is -2.52. The monoisotopic (exact) mass is 720 g/mol. The Kier molecular flexibility index (Phi) is 19.6. The number of aromatic nitrogens is 2. The number of thiol groups is 2. The Hall–Kier alpha value is -3.62. The highest BCUT2D eigenvalue weighted by molar-refractivity contribution is 8.59. The van der Waals surface area contributed by atoms with E-state index in [0.29, 0.717) is 67.7 Å². The predicted molar refractivity (Wildman–Crippen MR) is 201 cm³/mol. The lowest BCUT2D eigenvalue weighted by atomic mass is 10.0. The minimum absolute atomic E-state index is 0. The molecule has 0 radical (unpaired) electrons. The molecule has 272 valence electrons. The average Bonchev–Trinajstić information content (AvgIpc) is 3.09. The second-order valence-corrected chi connectivity index (χ2v) is 11.9. The maximum atomic E-state index is 14.8. The molecule has 4 rings (SSSR count). The molecule has 1 saturated heterocycles. The first kappa shape index (κ1) is 43.4. The normalized spacial score (nSPS) is 12.5. The van der Waals surface area contributed by atoms with Crippen molar-refractivity contribution >= 4 is 52.0 Å². The predicted octanol–water partition coefficient (Wildman–Crippen LogP) is 5.65. The van der Waals surface area contributed by atoms with Crippen LogP contribution in [0.3, 0.4) is 0 Å². The standard InChI is InChI=1S/C32H41FN6O5.C2H6.CH4.H2S2/c1-32(2,3)44-31(43)35-14-8-4-7-13-34-21-28(40)38-15-17-39(18-16-38)30(42)25-19-22(11-12-26(25)33)20-27-23-9-5-6-10-24(23)29(41)37-36-27;1-2;;1-2/h5-6,9-12,19,34H,4,7-8,13-18,20-21H2,1-3H3,(H,35,43)(H,37,41);1-2H3;1H4;1-2H. The van der Waals surface area contributed by atoms with Crippen molar-refractivity contribution in [2.45, 2.75) is 73.3 Å². The van der Waals surface area contributed by atoms with Crippen molar-refractivity contribution in [1.82, 2.24) is 30.6 Å². The van der Waals surface area contributed by atoms with Crippen LogP contribution in [-0.2, 0) is 16.0 Å². The summed E-state index contributed by atoms with van der Waals surface area (Å²) in [6, 6.07) is 11.6. The fraction of sp³-hybridized carbons (Fsp3) is 0.514. The van der Waals surface area contributed by atoms with E-state index in [0.717, 1.165) is 19.3 Å². The van der Waals surface area contributed by atoms with E-state index in [1.807, 2.05) is 46.8 Å². The van der Waals surface area contributed by atoms with Crippen LogP contribution >= 0.6 is 23.3 Å². The first-order valence-electron chi connectivity index (χ1n) is 16.2. The summed E-state index contributed by atoms with van der Waals surface area (Å²) in [7, 11) is 0. The third-order valence-corrected chi connectivity index (χ3v) is 7.30. The number of carbonyl (C=O) groups is 3. The highest BCUT2D eigenvalue weighted by Crippen LogP contribution is 2.20. The largest absolute Gasteiger partial charge is 0.444 e. The van der Waals surface area contributed by atoms with Gasteiger partial charge in [0.05, 0.1) is 23.2 Å². The zero-order valence-corrected chi connectivity index (χ0v) is 30.3. The Morgan fingerprint density at radius 1 is 0.939 bits per heavy atom. The number of amides is 3. The molecule has 0 aliphatic carbocycles. The van der Waals surface area contributed by atoms with Gasteiger partial charge in [0, 0.05) is 44.5 Å². The number of carbonyl (C=O) groups excluding carboxylic acids is 3. The Morgan fingerprint density at radius 2 is 1.55 bits per heavy atom. The van der Waals surface area contributed by atoms with Gasteiger partial charge in [-0.15, -0.1) is 23.3 Å². The minimum Gasteiger partial charge on any atom is -0.444 e. The molecule has 11 nitrogen and oxygen atoms in total. The van der Waals surface area contributed by atoms with Gasteiger partial charge in [-0.3, -0.25) is 14.4 Å². The zero-order valence-electron chi connectivity index (χ0n) is 28.5. The number of fused-ring (bicyclic) bond motifs is 1. The molecule has 1 aromatic heterocycles. The van der Waals surface area contributed by atoms with E-state index in [2.05, 4.69) is 44.2 Å². The summed E-state index contributed by atoms with van der Waals surface area (Å²) in [5, 5.41) is 13.8. The van der Waals surface area contributed by atoms with Gasteiger partial charge in [-0.1, -0.05) is 52.0 Å². The van der Waals surface area contributed by atoms with Crippen LogP contribution in [0.25, 0.3) is 10.8 Å². The Bertz CT molecular complexity index is 1540. The molecular formula is C35H53FN6O5S2. The van der Waals surface area contributed by atoms with E-state index in [9.17, 15) is 23.6 Å². The lowest BCUT2D eigenvalue weighted by Gasteiger charge is -2.35. The molecule has 0 unspecified atom stereocenters. The smallest absolute Gasteiger partial charge is 0.407 e. The van der Waals surface area contributed by atoms with Crippen LogP contribution in [0, 0.1) is 5.82 Å². The van der Waals surface area contributed by atoms with Crippen molar-refractivity contribution < 1.29 is 23.5 Å². The quantitative estimate of drug-likeness (QED) is 0.0983. The second kappa shape index (κ2) is 22.2. The maximum absolute atomic E-state index is 14.8. The highest BCUT2D eigenvalue weighted by atomic mass is 33.1. The number of halogens is 1. The number of hydrogen-bond acceptors (Lipinski definition) is 9. The Balaban J connectivity index is 0.00000231. The van der Waals surface area contributed by atoms with Gasteiger partial charge < -0.3 is 25.2 Å². The number of alkyl carbamates (subject to hydrolysis) is 1. The molecule has 1 aliphatic heterocycles. The lowest BCUT2D eigenvalue weighted by molar-refractivity contribution is -0.131. The van der Waals surface area contributed by atoms with Gasteiger partial charge in [0.1, 0.15) is 11.4 Å². The van der Waals surface area contributed by atoms with E-state index in [1.54, 1.807) is 28.0 Å². The van der Waals surface area contributed by atoms with E-state index in [4.69, 9.17) is 4.74 Å². The first-order chi connectivity index (χ1) is 23.0. The minimum atomic E-state index is -0.610. The van der Waals surface area contributed by atoms with Gasteiger partial charge in [-0.05, 0) is 63.9 Å². The maximum Gasteiger partial charge on any atom is 0.407 e. The number of unbranched alkanes of at least 4 members (excludes halogenated alkanes) is 2. The highest BCUT2D eigenvalue weighted by Gasteiger charge is 2.26. The SMILES string of the molecule is C.CC.CC(C)(C)OC(=O)NCCCCCNCC(=O)N1CCN(C(=O)c2cc(Cc3n[nH]c(=O)c4ccccc34)ccc2F)CC1.SS. The molecule has 14 heteroatoms. The van der Waals surface area contributed by atoms with Crippen LogP contribution in [0.15, 0.2) is 47.3 Å². The third-order valence-electron chi connectivity index (χ3n) is 7.30. The van der Waals surface area contributed by atoms with Crippen molar-refractivity contribution in [2.24, 2.45) is 0 Å². The Labute approximate surface area is 300 Å². The van der Waals surface area contributed by atoms with Gasteiger partial charge in [0.15, 0.2) is 0 Å². The molecule has 0 bridgehead atoms. The molecule has 2 heterocycles. The number of ether oxygens (including phenoxy) is 1. The number of piperazine rings is 1. The van der Waals surface area contributed by atoms with Gasteiger partial charge in [0.25, 0.3) is 11.5 Å². The number of H-pyrrole nitrogens is 1. The molecule has 1 aliphatic rings. The van der Waals surface area contributed by atoms with Gasteiger partial charge in [0.2, 0.25) is 5.91 Å². The summed E-state index contributed by atoms with van der Waals surface area (Å²) in [5.41, 5.74) is 0.488. The molecule has 3 amide bonds. The van der Waals surface area contributed by atoms with Crippen LogP contribution in [0.1, 0.15) is 82.9 Å². The topological polar surface area (TPSA) is 137 Å². The molecule has 1 fully saturated rings. The van der Waals surface area contributed by atoms with Crippen molar-refractivity contribution in [3.05, 3.63) is 75.5 Å². The molecule has 3 aromatic rings. The number of benzene rings is 2. The fourth-order valence-corrected chi connectivity index (χ4v) is 5.04. The summed E-state index contributed by atoms with van der Waals surface area (Å²) < 4.78 is 20.0. The summed E-state index contributed by atoms with van der Waals surface area (Å²) in [6.07, 6.45) is 2.47. The molecule has 3 N–H and O–H groups in total. The van der Waals surface area contributed by atoms with Crippen LogP contribution in [-0.4, -0.2) is 89.3 Å². The molecule has 49 heavy (non-hydrogen) atoms. The summed E-state index contributed by atoms with van der Waals surface area (Å²) in [6.45, 7) is 12.2. The van der Waals surface area contributed by atoms with Gasteiger partial charge in [-0.25, -0.2) is 14.3 Å². The van der Waals surface area contributed by atoms with Crippen molar-refractivity contribution in [3.8, 4) is 0 Å². The van der Waals surface area contributed by atoms with Crippen molar-refractivity contribution in [3.63, 3.8) is 0 Å². The van der Waals surface area contributed by atoms with E-state index < -0.39 is 23.4 Å². The van der Waals surface area contributed by atoms with Crippen LogP contribution < -0.4 is 16.2 Å². The Morgan fingerprint density at radius 3 is 2.20 bits per heavy atom. The number of nitrogens with zero attached hydrogens (tertiary/aromatic N) is 3. The molecule has 0 saturated carbocycles. The molecule has 2 aromatic carbocycles. The van der Waals surface area contributed by atoms with Crippen molar-refractivity contribution in [2.75, 3.05) is 45.8 Å². The zero-order chi connectivity index (χ0) is 35.7. The van der Waals surface area contributed by atoms with E-state index >= 15 is 0 Å². The fourth-order valence-electron chi connectivity index (χ4n) is 5.04.